The molecular weight excluding hydrogens is 330 g/mol. The average Bonchev–Trinajstić information content (AvgIpc) is 3.29. The Bertz CT molecular complexity index is 930. The van der Waals surface area contributed by atoms with Crippen LogP contribution in [0.3, 0.4) is 0 Å². The second kappa shape index (κ2) is 7.07. The number of hydrogen-bond acceptors (Lipinski definition) is 6. The van der Waals surface area contributed by atoms with Crippen LogP contribution in [-0.2, 0) is 11.2 Å². The molecule has 8 nitrogen and oxygen atoms in total. The molecule has 0 saturated carbocycles. The van der Waals surface area contributed by atoms with Gasteiger partial charge in [0.2, 0.25) is 5.91 Å². The van der Waals surface area contributed by atoms with Gasteiger partial charge in [-0.05, 0) is 49.6 Å². The Morgan fingerprint density at radius 2 is 2.04 bits per heavy atom. The van der Waals surface area contributed by atoms with E-state index < -0.39 is 0 Å². The van der Waals surface area contributed by atoms with E-state index in [0.29, 0.717) is 30.1 Å². The number of aryl methyl sites for hydroxylation is 2. The molecule has 0 aromatic carbocycles. The molecule has 0 radical (unpaired) electrons. The maximum atomic E-state index is 12.2. The number of carbonyl (C=O) groups is 1. The Labute approximate surface area is 151 Å². The standard InChI is InChI=1S/C18H21N7O/c1-13-8-9-19-14(12-13)20-18(26)7-6-16-22-21-15-4-5-17(23-25(15)16)24-10-2-3-11-24/h4-5,8-9,12H,2-3,6-7,10-11H2,1H3,(H,19,20,26). The van der Waals surface area contributed by atoms with Gasteiger partial charge in [0.15, 0.2) is 11.5 Å². The maximum Gasteiger partial charge on any atom is 0.225 e. The van der Waals surface area contributed by atoms with Crippen LogP contribution in [0.1, 0.15) is 30.7 Å². The normalized spacial score (nSPS) is 14.1. The van der Waals surface area contributed by atoms with Gasteiger partial charge >= 0.3 is 0 Å². The highest BCUT2D eigenvalue weighted by Gasteiger charge is 2.16. The first-order chi connectivity index (χ1) is 12.7. The highest BCUT2D eigenvalue weighted by Crippen LogP contribution is 2.18. The van der Waals surface area contributed by atoms with Crippen molar-refractivity contribution >= 4 is 23.2 Å². The number of aromatic nitrogens is 5. The van der Waals surface area contributed by atoms with Crippen molar-refractivity contribution in [1.82, 2.24) is 24.8 Å². The van der Waals surface area contributed by atoms with E-state index in [-0.39, 0.29) is 5.91 Å². The third kappa shape index (κ3) is 3.49. The quantitative estimate of drug-likeness (QED) is 0.756. The number of fused-ring (bicyclic) bond motifs is 1. The average molecular weight is 351 g/mol. The number of amides is 1. The summed E-state index contributed by atoms with van der Waals surface area (Å²) in [5.41, 5.74) is 1.75. The number of nitrogens with one attached hydrogen (secondary N) is 1. The van der Waals surface area contributed by atoms with Gasteiger partial charge in [0.1, 0.15) is 11.6 Å². The lowest BCUT2D eigenvalue weighted by Crippen LogP contribution is -2.20. The minimum Gasteiger partial charge on any atom is -0.355 e. The van der Waals surface area contributed by atoms with Crippen molar-refractivity contribution < 1.29 is 4.79 Å². The SMILES string of the molecule is Cc1ccnc(NC(=O)CCc2nnc3ccc(N4CCCC4)nn23)c1. The number of rotatable bonds is 5. The van der Waals surface area contributed by atoms with Crippen molar-refractivity contribution in [3.05, 3.63) is 41.9 Å². The molecular formula is C18H21N7O. The van der Waals surface area contributed by atoms with E-state index in [0.717, 1.165) is 24.5 Å². The lowest BCUT2D eigenvalue weighted by atomic mass is 10.2. The van der Waals surface area contributed by atoms with Crippen molar-refractivity contribution in [2.45, 2.75) is 32.6 Å². The van der Waals surface area contributed by atoms with E-state index in [1.807, 2.05) is 31.2 Å². The van der Waals surface area contributed by atoms with Gasteiger partial charge in [-0.1, -0.05) is 0 Å². The molecule has 1 N–H and O–H groups in total. The van der Waals surface area contributed by atoms with Crippen LogP contribution < -0.4 is 10.2 Å². The molecule has 134 valence electrons. The van der Waals surface area contributed by atoms with Crippen LogP contribution in [0.15, 0.2) is 30.5 Å². The van der Waals surface area contributed by atoms with Gasteiger partial charge in [0.25, 0.3) is 0 Å². The number of anilines is 2. The Balaban J connectivity index is 1.44. The first-order valence-electron chi connectivity index (χ1n) is 8.88. The summed E-state index contributed by atoms with van der Waals surface area (Å²) >= 11 is 0. The molecule has 3 aromatic rings. The third-order valence-corrected chi connectivity index (χ3v) is 4.50. The van der Waals surface area contributed by atoms with Gasteiger partial charge in [-0.15, -0.1) is 15.3 Å². The fourth-order valence-corrected chi connectivity index (χ4v) is 3.13. The zero-order valence-corrected chi connectivity index (χ0v) is 14.7. The predicted molar refractivity (Wildman–Crippen MR) is 98.2 cm³/mol. The molecule has 0 atom stereocenters. The first kappa shape index (κ1) is 16.4. The fourth-order valence-electron chi connectivity index (χ4n) is 3.13. The summed E-state index contributed by atoms with van der Waals surface area (Å²) < 4.78 is 1.74. The van der Waals surface area contributed by atoms with E-state index in [1.54, 1.807) is 10.7 Å². The van der Waals surface area contributed by atoms with Gasteiger partial charge in [0.05, 0.1) is 0 Å². The molecule has 26 heavy (non-hydrogen) atoms. The van der Waals surface area contributed by atoms with Crippen LogP contribution in [0.4, 0.5) is 11.6 Å². The minimum atomic E-state index is -0.101. The van der Waals surface area contributed by atoms with Gasteiger partial charge in [-0.25, -0.2) is 4.98 Å². The Hall–Kier alpha value is -3.03. The lowest BCUT2D eigenvalue weighted by Gasteiger charge is -2.15. The van der Waals surface area contributed by atoms with Gasteiger partial charge in [0, 0.05) is 32.1 Å². The van der Waals surface area contributed by atoms with E-state index in [4.69, 9.17) is 0 Å². The summed E-state index contributed by atoms with van der Waals surface area (Å²) in [4.78, 5) is 18.6. The van der Waals surface area contributed by atoms with Crippen molar-refractivity contribution in [1.29, 1.82) is 0 Å². The number of hydrogen-bond donors (Lipinski definition) is 1. The molecule has 1 amide bonds. The molecule has 4 heterocycles. The van der Waals surface area contributed by atoms with E-state index in [9.17, 15) is 4.79 Å². The second-order valence-corrected chi connectivity index (χ2v) is 6.54. The summed E-state index contributed by atoms with van der Waals surface area (Å²) in [6.07, 6.45) is 4.84. The van der Waals surface area contributed by atoms with Gasteiger partial charge in [-0.2, -0.15) is 4.52 Å². The van der Waals surface area contributed by atoms with Gasteiger partial charge in [-0.3, -0.25) is 4.79 Å². The predicted octanol–water partition coefficient (Wildman–Crippen LogP) is 2.00. The highest BCUT2D eigenvalue weighted by atomic mass is 16.1. The Morgan fingerprint density at radius 1 is 1.19 bits per heavy atom. The molecule has 4 rings (SSSR count). The zero-order chi connectivity index (χ0) is 17.9. The van der Waals surface area contributed by atoms with Crippen molar-refractivity contribution in [2.75, 3.05) is 23.3 Å². The molecule has 3 aromatic heterocycles. The molecule has 0 spiro atoms. The first-order valence-corrected chi connectivity index (χ1v) is 8.88. The van der Waals surface area contributed by atoms with Crippen LogP contribution in [0.5, 0.6) is 0 Å². The summed E-state index contributed by atoms with van der Waals surface area (Å²) in [5.74, 6) is 2.09. The van der Waals surface area contributed by atoms with Crippen LogP contribution in [-0.4, -0.2) is 43.8 Å². The molecule has 1 fully saturated rings. The van der Waals surface area contributed by atoms with Crippen LogP contribution >= 0.6 is 0 Å². The molecule has 1 aliphatic heterocycles. The molecule has 8 heteroatoms. The van der Waals surface area contributed by atoms with Crippen LogP contribution in [0.25, 0.3) is 5.65 Å². The zero-order valence-electron chi connectivity index (χ0n) is 14.7. The molecule has 0 unspecified atom stereocenters. The topological polar surface area (TPSA) is 88.3 Å². The molecule has 0 aliphatic carbocycles. The molecule has 1 aliphatic rings. The van der Waals surface area contributed by atoms with E-state index in [1.165, 1.54) is 12.8 Å². The summed E-state index contributed by atoms with van der Waals surface area (Å²) in [6.45, 7) is 4.02. The highest BCUT2D eigenvalue weighted by molar-refractivity contribution is 5.89. The third-order valence-electron chi connectivity index (χ3n) is 4.50. The fraction of sp³-hybridized carbons (Fsp3) is 0.389. The van der Waals surface area contributed by atoms with Gasteiger partial charge < -0.3 is 10.2 Å². The van der Waals surface area contributed by atoms with Crippen molar-refractivity contribution in [3.63, 3.8) is 0 Å². The van der Waals surface area contributed by atoms with Crippen LogP contribution in [0, 0.1) is 6.92 Å². The Kier molecular flexibility index (Phi) is 4.47. The Morgan fingerprint density at radius 3 is 2.85 bits per heavy atom. The molecule has 1 saturated heterocycles. The van der Waals surface area contributed by atoms with Crippen LogP contribution in [0.2, 0.25) is 0 Å². The lowest BCUT2D eigenvalue weighted by molar-refractivity contribution is -0.116. The van der Waals surface area contributed by atoms with Crippen molar-refractivity contribution in [3.8, 4) is 0 Å². The summed E-state index contributed by atoms with van der Waals surface area (Å²) in [5, 5.41) is 15.8. The van der Waals surface area contributed by atoms with E-state index in [2.05, 4.69) is 30.5 Å². The second-order valence-electron chi connectivity index (χ2n) is 6.54. The summed E-state index contributed by atoms with van der Waals surface area (Å²) in [6, 6.07) is 7.64. The minimum absolute atomic E-state index is 0.101. The van der Waals surface area contributed by atoms with E-state index >= 15 is 0 Å². The van der Waals surface area contributed by atoms with Crippen molar-refractivity contribution in [2.24, 2.45) is 0 Å². The summed E-state index contributed by atoms with van der Waals surface area (Å²) in [7, 11) is 0. The number of pyridine rings is 1. The number of carbonyl (C=O) groups excluding carboxylic acids is 1. The molecule has 0 bridgehead atoms. The monoisotopic (exact) mass is 351 g/mol. The number of nitrogens with zero attached hydrogens (tertiary/aromatic N) is 6. The maximum absolute atomic E-state index is 12.2. The largest absolute Gasteiger partial charge is 0.355 e. The smallest absolute Gasteiger partial charge is 0.225 e.